The van der Waals surface area contributed by atoms with Crippen molar-refractivity contribution in [2.45, 2.75) is 12.5 Å². The lowest BCUT2D eigenvalue weighted by atomic mass is 10.2. The second-order valence-corrected chi connectivity index (χ2v) is 2.80. The molecule has 68 valence electrons. The zero-order chi connectivity index (χ0) is 9.26. The number of hydrogen-bond donors (Lipinski definition) is 2. The fraction of sp³-hybridized carbons (Fsp3) is 0.250. The Labute approximate surface area is 74.1 Å². The second kappa shape index (κ2) is 2.93. The van der Waals surface area contributed by atoms with Crippen LogP contribution in [0.2, 0.25) is 0 Å². The molecule has 13 heavy (non-hydrogen) atoms. The van der Waals surface area contributed by atoms with Crippen molar-refractivity contribution in [3.05, 3.63) is 24.2 Å². The van der Waals surface area contributed by atoms with Crippen molar-refractivity contribution in [2.75, 3.05) is 0 Å². The van der Waals surface area contributed by atoms with Crippen molar-refractivity contribution in [1.82, 2.24) is 10.6 Å². The van der Waals surface area contributed by atoms with Gasteiger partial charge >= 0.3 is 6.03 Å². The highest BCUT2D eigenvalue weighted by Gasteiger charge is 2.29. The van der Waals surface area contributed by atoms with E-state index in [0.717, 1.165) is 0 Å². The molecule has 0 saturated carbocycles. The van der Waals surface area contributed by atoms with Gasteiger partial charge in [-0.3, -0.25) is 10.1 Å². The Kier molecular flexibility index (Phi) is 1.77. The van der Waals surface area contributed by atoms with Gasteiger partial charge in [0.05, 0.1) is 6.26 Å². The number of nitrogens with one attached hydrogen (secondary N) is 2. The number of carbonyl (C=O) groups excluding carboxylic acids is 2. The highest BCUT2D eigenvalue weighted by Crippen LogP contribution is 2.06. The van der Waals surface area contributed by atoms with E-state index in [0.29, 0.717) is 12.2 Å². The average molecular weight is 180 g/mol. The number of hydrogen-bond acceptors (Lipinski definition) is 3. The van der Waals surface area contributed by atoms with E-state index in [2.05, 4.69) is 10.6 Å². The van der Waals surface area contributed by atoms with Gasteiger partial charge in [0.25, 0.3) is 5.91 Å². The minimum Gasteiger partial charge on any atom is -0.469 e. The Bertz CT molecular complexity index is 331. The molecule has 1 aromatic rings. The van der Waals surface area contributed by atoms with E-state index >= 15 is 0 Å². The molecule has 0 bridgehead atoms. The molecule has 1 aliphatic rings. The van der Waals surface area contributed by atoms with Crippen LogP contribution in [0.3, 0.4) is 0 Å². The Morgan fingerprint density at radius 3 is 2.85 bits per heavy atom. The van der Waals surface area contributed by atoms with Crippen LogP contribution in [0.25, 0.3) is 0 Å². The molecule has 0 radical (unpaired) electrons. The average Bonchev–Trinajstić information content (AvgIpc) is 2.63. The van der Waals surface area contributed by atoms with Crippen LogP contribution in [0.1, 0.15) is 5.76 Å². The fourth-order valence-corrected chi connectivity index (χ4v) is 1.23. The summed E-state index contributed by atoms with van der Waals surface area (Å²) in [4.78, 5) is 21.8. The molecule has 0 spiro atoms. The maximum atomic E-state index is 11.1. The fourth-order valence-electron chi connectivity index (χ4n) is 1.23. The number of imide groups is 1. The summed E-state index contributed by atoms with van der Waals surface area (Å²) in [7, 11) is 0. The van der Waals surface area contributed by atoms with Crippen molar-refractivity contribution in [1.29, 1.82) is 0 Å². The quantitative estimate of drug-likeness (QED) is 0.631. The molecular weight excluding hydrogens is 172 g/mol. The van der Waals surface area contributed by atoms with Crippen molar-refractivity contribution >= 4 is 11.9 Å². The van der Waals surface area contributed by atoms with E-state index < -0.39 is 12.1 Å². The third kappa shape index (κ3) is 1.53. The Balaban J connectivity index is 2.03. The molecule has 2 rings (SSSR count). The topological polar surface area (TPSA) is 71.3 Å². The van der Waals surface area contributed by atoms with E-state index in [4.69, 9.17) is 4.42 Å². The SMILES string of the molecule is O=C1NC(=O)[C@@H](Cc2ccco2)N1. The normalized spacial score (nSPS) is 21.4. The predicted molar refractivity (Wildman–Crippen MR) is 42.9 cm³/mol. The predicted octanol–water partition coefficient (Wildman–Crippen LogP) is 0.0301. The van der Waals surface area contributed by atoms with E-state index in [1.165, 1.54) is 6.26 Å². The number of furan rings is 1. The van der Waals surface area contributed by atoms with Crippen molar-refractivity contribution < 1.29 is 14.0 Å². The first kappa shape index (κ1) is 7.85. The van der Waals surface area contributed by atoms with Gasteiger partial charge < -0.3 is 9.73 Å². The largest absolute Gasteiger partial charge is 0.469 e. The van der Waals surface area contributed by atoms with Crippen LogP contribution >= 0.6 is 0 Å². The molecule has 1 saturated heterocycles. The lowest BCUT2D eigenvalue weighted by molar-refractivity contribution is -0.120. The van der Waals surface area contributed by atoms with Crippen LogP contribution in [-0.2, 0) is 11.2 Å². The van der Waals surface area contributed by atoms with Gasteiger partial charge in [-0.1, -0.05) is 0 Å². The van der Waals surface area contributed by atoms with E-state index in [-0.39, 0.29) is 5.91 Å². The third-order valence-electron chi connectivity index (χ3n) is 1.84. The first-order valence-electron chi connectivity index (χ1n) is 3.89. The van der Waals surface area contributed by atoms with Crippen molar-refractivity contribution in [3.63, 3.8) is 0 Å². The van der Waals surface area contributed by atoms with Gasteiger partial charge in [-0.2, -0.15) is 0 Å². The Morgan fingerprint density at radius 2 is 2.31 bits per heavy atom. The van der Waals surface area contributed by atoms with Gasteiger partial charge in [0, 0.05) is 6.42 Å². The summed E-state index contributed by atoms with van der Waals surface area (Å²) in [6.45, 7) is 0. The molecule has 1 atom stereocenters. The molecule has 0 unspecified atom stereocenters. The third-order valence-corrected chi connectivity index (χ3v) is 1.84. The molecule has 1 fully saturated rings. The second-order valence-electron chi connectivity index (χ2n) is 2.80. The summed E-state index contributed by atoms with van der Waals surface area (Å²) < 4.78 is 5.05. The molecule has 2 N–H and O–H groups in total. The first-order chi connectivity index (χ1) is 6.25. The summed E-state index contributed by atoms with van der Waals surface area (Å²) >= 11 is 0. The molecule has 5 nitrogen and oxygen atoms in total. The summed E-state index contributed by atoms with van der Waals surface area (Å²) in [5, 5.41) is 4.63. The number of urea groups is 1. The smallest absolute Gasteiger partial charge is 0.322 e. The van der Waals surface area contributed by atoms with Crippen molar-refractivity contribution in [2.24, 2.45) is 0 Å². The molecule has 5 heteroatoms. The van der Waals surface area contributed by atoms with Gasteiger partial charge in [-0.15, -0.1) is 0 Å². The summed E-state index contributed by atoms with van der Waals surface area (Å²) in [6.07, 6.45) is 1.93. The van der Waals surface area contributed by atoms with Gasteiger partial charge in [0.1, 0.15) is 11.8 Å². The maximum Gasteiger partial charge on any atom is 0.322 e. The molecule has 1 aliphatic heterocycles. The zero-order valence-electron chi connectivity index (χ0n) is 6.74. The molecule has 0 aromatic carbocycles. The summed E-state index contributed by atoms with van der Waals surface area (Å²) in [6, 6.07) is 2.56. The van der Waals surface area contributed by atoms with Gasteiger partial charge in [0.2, 0.25) is 0 Å². The number of amides is 3. The van der Waals surface area contributed by atoms with Crippen LogP contribution in [0.15, 0.2) is 22.8 Å². The van der Waals surface area contributed by atoms with E-state index in [1.54, 1.807) is 12.1 Å². The standard InChI is InChI=1S/C8H8N2O3/c11-7-6(9-8(12)10-7)4-5-2-1-3-13-5/h1-3,6H,4H2,(H2,9,10,11,12)/t6-/m1/s1. The highest BCUT2D eigenvalue weighted by molar-refractivity contribution is 6.04. The lowest BCUT2D eigenvalue weighted by Gasteiger charge is -2.02. The van der Waals surface area contributed by atoms with E-state index in [9.17, 15) is 9.59 Å². The van der Waals surface area contributed by atoms with Crippen LogP contribution in [0, 0.1) is 0 Å². The minimum atomic E-state index is -0.501. The van der Waals surface area contributed by atoms with Gasteiger partial charge in [-0.05, 0) is 12.1 Å². The van der Waals surface area contributed by atoms with Crippen LogP contribution in [0.4, 0.5) is 4.79 Å². The minimum absolute atomic E-state index is 0.304. The molecule has 1 aromatic heterocycles. The van der Waals surface area contributed by atoms with Gasteiger partial charge in [0.15, 0.2) is 0 Å². The van der Waals surface area contributed by atoms with Crippen molar-refractivity contribution in [3.8, 4) is 0 Å². The lowest BCUT2D eigenvalue weighted by Crippen LogP contribution is -2.30. The van der Waals surface area contributed by atoms with Gasteiger partial charge in [-0.25, -0.2) is 4.79 Å². The Morgan fingerprint density at radius 1 is 1.46 bits per heavy atom. The number of rotatable bonds is 2. The molecule has 3 amide bonds. The number of carbonyl (C=O) groups is 2. The highest BCUT2D eigenvalue weighted by atomic mass is 16.3. The van der Waals surface area contributed by atoms with Crippen LogP contribution in [-0.4, -0.2) is 18.0 Å². The molecular formula is C8H8N2O3. The van der Waals surface area contributed by atoms with E-state index in [1.807, 2.05) is 0 Å². The molecule has 2 heterocycles. The van der Waals surface area contributed by atoms with Crippen LogP contribution < -0.4 is 10.6 Å². The van der Waals surface area contributed by atoms with Crippen LogP contribution in [0.5, 0.6) is 0 Å². The Hall–Kier alpha value is -1.78. The monoisotopic (exact) mass is 180 g/mol. The maximum absolute atomic E-state index is 11.1. The summed E-state index contributed by atoms with van der Waals surface area (Å²) in [5.41, 5.74) is 0. The molecule has 0 aliphatic carbocycles. The first-order valence-corrected chi connectivity index (χ1v) is 3.89. The zero-order valence-corrected chi connectivity index (χ0v) is 6.74. The summed E-state index contributed by atoms with van der Waals surface area (Å²) in [5.74, 6) is 0.378.